The first-order chi connectivity index (χ1) is 8.60. The average Bonchev–Trinajstić information content (AvgIpc) is 2.35. The lowest BCUT2D eigenvalue weighted by Gasteiger charge is -2.34. The molecule has 0 spiro atoms. The number of halogens is 1. The Bertz CT molecular complexity index is 402. The molecule has 2 rings (SSSR count). The smallest absolute Gasteiger partial charge is 0.123 e. The van der Waals surface area contributed by atoms with E-state index in [0.29, 0.717) is 12.0 Å². The average molecular weight is 249 g/mol. The molecule has 18 heavy (non-hydrogen) atoms. The van der Waals surface area contributed by atoms with Gasteiger partial charge in [-0.15, -0.1) is 0 Å². The molecule has 0 aliphatic heterocycles. The highest BCUT2D eigenvalue weighted by atomic mass is 19.1. The Balaban J connectivity index is 2.07. The first kappa shape index (κ1) is 13.5. The van der Waals surface area contributed by atoms with Crippen LogP contribution in [0.3, 0.4) is 0 Å². The summed E-state index contributed by atoms with van der Waals surface area (Å²) in [6.07, 6.45) is 5.91. The van der Waals surface area contributed by atoms with Crippen LogP contribution in [0.1, 0.15) is 43.7 Å². The van der Waals surface area contributed by atoms with Gasteiger partial charge in [0.15, 0.2) is 0 Å². The standard InChI is InChI=1S/C16H24FN/c1-3-12-4-7-16(18)14(9-12)10-13-5-6-15(17)8-11(13)2/h5-6,8,12,14,16H,3-4,7,9-10,18H2,1-2H3. The Morgan fingerprint density at radius 3 is 2.78 bits per heavy atom. The highest BCUT2D eigenvalue weighted by Gasteiger charge is 2.27. The Labute approximate surface area is 110 Å². The quantitative estimate of drug-likeness (QED) is 0.865. The van der Waals surface area contributed by atoms with Crippen molar-refractivity contribution >= 4 is 0 Å². The van der Waals surface area contributed by atoms with Crippen LogP contribution in [-0.4, -0.2) is 6.04 Å². The second-order valence-corrected chi connectivity index (χ2v) is 5.79. The van der Waals surface area contributed by atoms with E-state index in [1.165, 1.54) is 24.8 Å². The van der Waals surface area contributed by atoms with Crippen LogP contribution >= 0.6 is 0 Å². The zero-order valence-corrected chi connectivity index (χ0v) is 11.5. The second kappa shape index (κ2) is 5.83. The van der Waals surface area contributed by atoms with Crippen LogP contribution < -0.4 is 5.73 Å². The van der Waals surface area contributed by atoms with Gasteiger partial charge in [0.25, 0.3) is 0 Å². The van der Waals surface area contributed by atoms with E-state index in [0.717, 1.165) is 24.3 Å². The topological polar surface area (TPSA) is 26.0 Å². The third-order valence-corrected chi connectivity index (χ3v) is 4.51. The van der Waals surface area contributed by atoms with Crippen molar-refractivity contribution in [3.05, 3.63) is 35.1 Å². The van der Waals surface area contributed by atoms with E-state index in [-0.39, 0.29) is 5.82 Å². The SMILES string of the molecule is CCC1CCC(N)C(Cc2ccc(F)cc2C)C1. The van der Waals surface area contributed by atoms with Gasteiger partial charge in [0.05, 0.1) is 0 Å². The number of aryl methyl sites for hydroxylation is 1. The maximum Gasteiger partial charge on any atom is 0.123 e. The third-order valence-electron chi connectivity index (χ3n) is 4.51. The molecule has 3 unspecified atom stereocenters. The summed E-state index contributed by atoms with van der Waals surface area (Å²) in [6.45, 7) is 4.26. The van der Waals surface area contributed by atoms with Crippen molar-refractivity contribution in [2.75, 3.05) is 0 Å². The Morgan fingerprint density at radius 2 is 2.11 bits per heavy atom. The van der Waals surface area contributed by atoms with Crippen LogP contribution in [-0.2, 0) is 6.42 Å². The Hall–Kier alpha value is -0.890. The van der Waals surface area contributed by atoms with Gasteiger partial charge < -0.3 is 5.73 Å². The molecule has 1 aromatic rings. The summed E-state index contributed by atoms with van der Waals surface area (Å²) in [6, 6.07) is 5.43. The lowest BCUT2D eigenvalue weighted by molar-refractivity contribution is 0.227. The fourth-order valence-corrected chi connectivity index (χ4v) is 3.16. The third kappa shape index (κ3) is 3.11. The van der Waals surface area contributed by atoms with Crippen molar-refractivity contribution < 1.29 is 4.39 Å². The minimum atomic E-state index is -0.143. The molecule has 0 heterocycles. The molecule has 1 aliphatic rings. The lowest BCUT2D eigenvalue weighted by Crippen LogP contribution is -2.37. The maximum absolute atomic E-state index is 13.1. The van der Waals surface area contributed by atoms with Gasteiger partial charge in [0, 0.05) is 6.04 Å². The van der Waals surface area contributed by atoms with Gasteiger partial charge in [-0.25, -0.2) is 4.39 Å². The van der Waals surface area contributed by atoms with E-state index in [1.54, 1.807) is 12.1 Å². The number of rotatable bonds is 3. The summed E-state index contributed by atoms with van der Waals surface area (Å²) < 4.78 is 13.1. The van der Waals surface area contributed by atoms with Gasteiger partial charge in [0.1, 0.15) is 5.82 Å². The predicted octanol–water partition coefficient (Wildman–Crippen LogP) is 3.83. The number of hydrogen-bond acceptors (Lipinski definition) is 1. The summed E-state index contributed by atoms with van der Waals surface area (Å²) in [5.41, 5.74) is 8.56. The highest BCUT2D eigenvalue weighted by molar-refractivity contribution is 5.27. The molecule has 0 saturated heterocycles. The summed E-state index contributed by atoms with van der Waals surface area (Å²) in [7, 11) is 0. The molecule has 100 valence electrons. The van der Waals surface area contributed by atoms with E-state index in [1.807, 2.05) is 13.0 Å². The van der Waals surface area contributed by atoms with Crippen molar-refractivity contribution in [3.63, 3.8) is 0 Å². The lowest BCUT2D eigenvalue weighted by atomic mass is 9.74. The minimum Gasteiger partial charge on any atom is -0.327 e. The summed E-state index contributed by atoms with van der Waals surface area (Å²) >= 11 is 0. The molecule has 0 amide bonds. The molecule has 1 aliphatic carbocycles. The predicted molar refractivity (Wildman–Crippen MR) is 73.9 cm³/mol. The molecule has 3 atom stereocenters. The van der Waals surface area contributed by atoms with Crippen molar-refractivity contribution in [1.29, 1.82) is 0 Å². The molecule has 0 bridgehead atoms. The van der Waals surface area contributed by atoms with E-state index in [2.05, 4.69) is 6.92 Å². The molecule has 0 radical (unpaired) electrons. The molecule has 2 heteroatoms. The largest absolute Gasteiger partial charge is 0.327 e. The van der Waals surface area contributed by atoms with Crippen LogP contribution in [0, 0.1) is 24.6 Å². The first-order valence-corrected chi connectivity index (χ1v) is 7.10. The Morgan fingerprint density at radius 1 is 1.33 bits per heavy atom. The van der Waals surface area contributed by atoms with E-state index in [4.69, 9.17) is 5.73 Å². The van der Waals surface area contributed by atoms with Crippen molar-refractivity contribution in [2.45, 2.75) is 52.0 Å². The van der Waals surface area contributed by atoms with Gasteiger partial charge in [-0.2, -0.15) is 0 Å². The summed E-state index contributed by atoms with van der Waals surface area (Å²) in [5, 5.41) is 0. The van der Waals surface area contributed by atoms with E-state index < -0.39 is 0 Å². The van der Waals surface area contributed by atoms with E-state index in [9.17, 15) is 4.39 Å². The van der Waals surface area contributed by atoms with Crippen LogP contribution in [0.5, 0.6) is 0 Å². The van der Waals surface area contributed by atoms with Crippen LogP contribution in [0.4, 0.5) is 4.39 Å². The fraction of sp³-hybridized carbons (Fsp3) is 0.625. The second-order valence-electron chi connectivity index (χ2n) is 5.79. The summed E-state index contributed by atoms with van der Waals surface area (Å²) in [5.74, 6) is 1.25. The summed E-state index contributed by atoms with van der Waals surface area (Å²) in [4.78, 5) is 0. The normalized spacial score (nSPS) is 28.3. The van der Waals surface area contributed by atoms with Gasteiger partial charge in [-0.3, -0.25) is 0 Å². The molecule has 1 saturated carbocycles. The molecular formula is C16H24FN. The molecule has 1 nitrogen and oxygen atoms in total. The van der Waals surface area contributed by atoms with Gasteiger partial charge in [-0.1, -0.05) is 19.4 Å². The maximum atomic E-state index is 13.1. The van der Waals surface area contributed by atoms with Crippen LogP contribution in [0.25, 0.3) is 0 Å². The monoisotopic (exact) mass is 249 g/mol. The molecular weight excluding hydrogens is 225 g/mol. The Kier molecular flexibility index (Phi) is 4.39. The van der Waals surface area contributed by atoms with E-state index >= 15 is 0 Å². The molecule has 1 aromatic carbocycles. The molecule has 0 aromatic heterocycles. The molecule has 2 N–H and O–H groups in total. The van der Waals surface area contributed by atoms with Crippen molar-refractivity contribution in [1.82, 2.24) is 0 Å². The number of benzene rings is 1. The van der Waals surface area contributed by atoms with Crippen LogP contribution in [0.2, 0.25) is 0 Å². The van der Waals surface area contributed by atoms with Crippen molar-refractivity contribution in [2.24, 2.45) is 17.6 Å². The van der Waals surface area contributed by atoms with Crippen molar-refractivity contribution in [3.8, 4) is 0 Å². The zero-order valence-electron chi connectivity index (χ0n) is 11.5. The number of hydrogen-bond donors (Lipinski definition) is 1. The van der Waals surface area contributed by atoms with Crippen LogP contribution in [0.15, 0.2) is 18.2 Å². The number of nitrogens with two attached hydrogens (primary N) is 1. The zero-order chi connectivity index (χ0) is 13.1. The van der Waals surface area contributed by atoms with Gasteiger partial charge in [-0.05, 0) is 67.7 Å². The first-order valence-electron chi connectivity index (χ1n) is 7.10. The fourth-order valence-electron chi connectivity index (χ4n) is 3.16. The minimum absolute atomic E-state index is 0.143. The molecule has 1 fully saturated rings. The van der Waals surface area contributed by atoms with Gasteiger partial charge in [0.2, 0.25) is 0 Å². The highest BCUT2D eigenvalue weighted by Crippen LogP contribution is 2.33. The van der Waals surface area contributed by atoms with Gasteiger partial charge >= 0.3 is 0 Å².